The Kier molecular flexibility index (Phi) is 5.55. The molecule has 2 amide bonds. The summed E-state index contributed by atoms with van der Waals surface area (Å²) in [6.07, 6.45) is 0.759. The number of morpholine rings is 1. The molecule has 0 saturated carbocycles. The molecule has 0 spiro atoms. The van der Waals surface area contributed by atoms with Crippen molar-refractivity contribution >= 4 is 11.8 Å². The van der Waals surface area contributed by atoms with Crippen LogP contribution in [0.15, 0.2) is 24.3 Å². The third-order valence-corrected chi connectivity index (χ3v) is 4.82. The van der Waals surface area contributed by atoms with E-state index >= 15 is 0 Å². The number of fused-ring (bicyclic) bond motifs is 1. The lowest BCUT2D eigenvalue weighted by atomic mass is 9.98. The summed E-state index contributed by atoms with van der Waals surface area (Å²) in [6.45, 7) is 2.56. The van der Waals surface area contributed by atoms with Crippen molar-refractivity contribution in [1.29, 1.82) is 0 Å². The molecule has 2 aliphatic heterocycles. The van der Waals surface area contributed by atoms with Gasteiger partial charge >= 0.3 is 0 Å². The second-order valence-electron chi connectivity index (χ2n) is 6.44. The van der Waals surface area contributed by atoms with E-state index in [1.54, 1.807) is 29.0 Å². The predicted molar refractivity (Wildman–Crippen MR) is 92.7 cm³/mol. The average Bonchev–Trinajstić information content (AvgIpc) is 2.64. The van der Waals surface area contributed by atoms with E-state index in [0.29, 0.717) is 31.0 Å². The lowest BCUT2D eigenvalue weighted by Gasteiger charge is -2.45. The Morgan fingerprint density at radius 2 is 2.28 bits per heavy atom. The number of rotatable bonds is 5. The van der Waals surface area contributed by atoms with Crippen molar-refractivity contribution in [2.75, 3.05) is 46.9 Å². The first-order valence-corrected chi connectivity index (χ1v) is 8.64. The summed E-state index contributed by atoms with van der Waals surface area (Å²) < 4.78 is 11.3. The molecule has 3 rings (SSSR count). The Bertz CT molecular complexity index is 637. The summed E-state index contributed by atoms with van der Waals surface area (Å²) in [6, 6.07) is 7.17. The second-order valence-corrected chi connectivity index (χ2v) is 6.44. The Morgan fingerprint density at radius 3 is 3.08 bits per heavy atom. The lowest BCUT2D eigenvalue weighted by molar-refractivity contribution is -0.159. The zero-order valence-corrected chi connectivity index (χ0v) is 14.7. The smallest absolute Gasteiger partial charge is 0.254 e. The Morgan fingerprint density at radius 1 is 1.44 bits per heavy atom. The fraction of sp³-hybridized carbons (Fsp3) is 0.556. The fourth-order valence-electron chi connectivity index (χ4n) is 3.30. The van der Waals surface area contributed by atoms with Gasteiger partial charge in [0.05, 0.1) is 12.1 Å². The molecule has 1 aromatic carbocycles. The lowest BCUT2D eigenvalue weighted by Crippen LogP contribution is -2.61. The molecule has 0 unspecified atom stereocenters. The molecule has 0 radical (unpaired) electrons. The van der Waals surface area contributed by atoms with E-state index in [2.05, 4.69) is 5.32 Å². The third-order valence-electron chi connectivity index (χ3n) is 4.82. The molecule has 2 aliphatic rings. The molecule has 7 heteroatoms. The van der Waals surface area contributed by atoms with Crippen molar-refractivity contribution in [3.05, 3.63) is 29.8 Å². The van der Waals surface area contributed by atoms with Crippen molar-refractivity contribution in [1.82, 2.24) is 15.1 Å². The maximum Gasteiger partial charge on any atom is 0.254 e. The van der Waals surface area contributed by atoms with Gasteiger partial charge in [-0.15, -0.1) is 0 Å². The van der Waals surface area contributed by atoms with Gasteiger partial charge in [0.1, 0.15) is 19.0 Å². The Balaban J connectivity index is 1.66. The minimum Gasteiger partial charge on any atom is -0.492 e. The van der Waals surface area contributed by atoms with Crippen LogP contribution in [0.1, 0.15) is 16.8 Å². The molecule has 0 aliphatic carbocycles. The molecule has 0 bridgehead atoms. The highest BCUT2D eigenvalue weighted by Crippen LogP contribution is 2.24. The van der Waals surface area contributed by atoms with Gasteiger partial charge in [0.2, 0.25) is 5.91 Å². The van der Waals surface area contributed by atoms with E-state index in [1.165, 1.54) is 0 Å². The molecular weight excluding hydrogens is 322 g/mol. The summed E-state index contributed by atoms with van der Waals surface area (Å²) in [4.78, 5) is 28.2. The van der Waals surface area contributed by atoms with E-state index < -0.39 is 0 Å². The minimum atomic E-state index is -0.0750. The van der Waals surface area contributed by atoms with Gasteiger partial charge in [-0.2, -0.15) is 0 Å². The largest absolute Gasteiger partial charge is 0.492 e. The van der Waals surface area contributed by atoms with Crippen LogP contribution < -0.4 is 10.1 Å². The Labute approximate surface area is 147 Å². The van der Waals surface area contributed by atoms with Crippen LogP contribution in [0.25, 0.3) is 0 Å². The van der Waals surface area contributed by atoms with Crippen molar-refractivity contribution in [2.45, 2.75) is 18.6 Å². The number of hydrogen-bond donors (Lipinski definition) is 1. The Hall–Kier alpha value is -2.12. The van der Waals surface area contributed by atoms with E-state index in [9.17, 15) is 9.59 Å². The molecule has 2 atom stereocenters. The summed E-state index contributed by atoms with van der Waals surface area (Å²) in [5.41, 5.74) is 0.603. The van der Waals surface area contributed by atoms with Gasteiger partial charge in [-0.05, 0) is 31.7 Å². The zero-order valence-electron chi connectivity index (χ0n) is 14.7. The number of carbonyl (C=O) groups excluding carboxylic acids is 2. The van der Waals surface area contributed by atoms with Gasteiger partial charge in [0.25, 0.3) is 5.91 Å². The van der Waals surface area contributed by atoms with Gasteiger partial charge in [0, 0.05) is 32.2 Å². The molecule has 136 valence electrons. The summed E-state index contributed by atoms with van der Waals surface area (Å²) >= 11 is 0. The molecule has 0 aromatic heterocycles. The van der Waals surface area contributed by atoms with Crippen LogP contribution in [-0.2, 0) is 9.53 Å². The predicted octanol–water partition coefficient (Wildman–Crippen LogP) is 0.357. The average molecular weight is 347 g/mol. The number of likely N-dealkylation sites (tertiary alicyclic amines) is 1. The van der Waals surface area contributed by atoms with E-state index in [4.69, 9.17) is 9.47 Å². The van der Waals surface area contributed by atoms with Crippen LogP contribution in [0.4, 0.5) is 0 Å². The van der Waals surface area contributed by atoms with Crippen LogP contribution in [0.2, 0.25) is 0 Å². The van der Waals surface area contributed by atoms with Crippen LogP contribution >= 0.6 is 0 Å². The summed E-state index contributed by atoms with van der Waals surface area (Å²) in [5, 5.41) is 3.02. The van der Waals surface area contributed by atoms with Crippen molar-refractivity contribution in [3.63, 3.8) is 0 Å². The van der Waals surface area contributed by atoms with Crippen LogP contribution in [0.3, 0.4) is 0 Å². The number of benzene rings is 1. The van der Waals surface area contributed by atoms with Crippen molar-refractivity contribution < 1.29 is 19.1 Å². The molecular formula is C18H25N3O4. The van der Waals surface area contributed by atoms with Crippen molar-refractivity contribution in [3.8, 4) is 5.75 Å². The highest BCUT2D eigenvalue weighted by molar-refractivity contribution is 5.94. The van der Waals surface area contributed by atoms with Crippen LogP contribution in [0, 0.1) is 0 Å². The number of carbonyl (C=O) groups is 2. The van der Waals surface area contributed by atoms with Crippen LogP contribution in [-0.4, -0.2) is 80.7 Å². The third kappa shape index (κ3) is 3.93. The van der Waals surface area contributed by atoms with Gasteiger partial charge in [-0.1, -0.05) is 6.07 Å². The topological polar surface area (TPSA) is 71.1 Å². The number of nitrogens with zero attached hydrogens (tertiary/aromatic N) is 2. The first kappa shape index (κ1) is 17.7. The number of hydrogen-bond acceptors (Lipinski definition) is 5. The first-order valence-electron chi connectivity index (χ1n) is 8.64. The van der Waals surface area contributed by atoms with E-state index in [-0.39, 0.29) is 30.6 Å². The second kappa shape index (κ2) is 7.84. The highest BCUT2D eigenvalue weighted by Gasteiger charge is 2.39. The number of ether oxygens (including phenoxy) is 2. The maximum atomic E-state index is 12.9. The highest BCUT2D eigenvalue weighted by atomic mass is 16.5. The first-order chi connectivity index (χ1) is 12.1. The number of amides is 2. The number of nitrogens with one attached hydrogen (secondary N) is 1. The number of piperidine rings is 1. The summed E-state index contributed by atoms with van der Waals surface area (Å²) in [5.74, 6) is 0.615. The molecule has 7 nitrogen and oxygen atoms in total. The molecule has 1 aromatic rings. The van der Waals surface area contributed by atoms with E-state index in [1.807, 2.05) is 19.2 Å². The van der Waals surface area contributed by atoms with Crippen molar-refractivity contribution in [2.24, 2.45) is 0 Å². The van der Waals surface area contributed by atoms with Crippen LogP contribution in [0.5, 0.6) is 5.75 Å². The standard InChI is InChI=1S/C18H25N3O4/c1-19-7-9-24-14-5-3-4-13(10-14)18(23)21-8-6-16-15(11-21)20(2)17(22)12-25-16/h3-5,10,15-16,19H,6-9,11-12H2,1-2H3/t15-,16+/m0/s1. The SMILES string of the molecule is CNCCOc1cccc(C(=O)N2CC[C@H]3OCC(=O)N(C)[C@H]3C2)c1. The van der Waals surface area contributed by atoms with Gasteiger partial charge in [0.15, 0.2) is 0 Å². The number of likely N-dealkylation sites (N-methyl/N-ethyl adjacent to an activating group) is 2. The van der Waals surface area contributed by atoms with Gasteiger partial charge in [-0.3, -0.25) is 9.59 Å². The molecule has 2 heterocycles. The summed E-state index contributed by atoms with van der Waals surface area (Å²) in [7, 11) is 3.65. The normalized spacial score (nSPS) is 23.4. The van der Waals surface area contributed by atoms with E-state index in [0.717, 1.165) is 13.0 Å². The maximum absolute atomic E-state index is 12.9. The molecule has 1 N–H and O–H groups in total. The molecule has 2 fully saturated rings. The molecule has 25 heavy (non-hydrogen) atoms. The minimum absolute atomic E-state index is 0.0166. The zero-order chi connectivity index (χ0) is 17.8. The van der Waals surface area contributed by atoms with Gasteiger partial charge < -0.3 is 24.6 Å². The monoisotopic (exact) mass is 347 g/mol. The molecule has 2 saturated heterocycles. The van der Waals surface area contributed by atoms with Gasteiger partial charge in [-0.25, -0.2) is 0 Å². The quantitative estimate of drug-likeness (QED) is 0.779. The fourth-order valence-corrected chi connectivity index (χ4v) is 3.30.